The van der Waals surface area contributed by atoms with Gasteiger partial charge in [0.25, 0.3) is 0 Å². The molecule has 8 heteroatoms. The van der Waals surface area contributed by atoms with Crippen molar-refractivity contribution in [3.8, 4) is 0 Å². The number of pyridine rings is 1. The minimum absolute atomic E-state index is 0.00638. The molecule has 0 aromatic carbocycles. The smallest absolute Gasteiger partial charge is 0.220 e. The Labute approximate surface area is 320 Å². The first-order valence-electron chi connectivity index (χ1n) is 19.4. The number of nitrogens with two attached hydrogens (primary N) is 1. The van der Waals surface area contributed by atoms with E-state index in [-0.39, 0.29) is 23.5 Å². The second-order valence-corrected chi connectivity index (χ2v) is 13.4. The SMILES string of the molecule is C/C=C\C=C(/C)CC(CC(CN1CCN(Cc2cccnc2)CC1)OC)C(N)=O.C/C=C\CC.C=C1CCCC1=C.CC.CC.CC(C)(C)NC=O. The average molecular weight is 726 g/mol. The van der Waals surface area contributed by atoms with E-state index in [1.54, 1.807) is 7.11 Å². The third-order valence-electron chi connectivity index (χ3n) is 7.90. The predicted octanol–water partition coefficient (Wildman–Crippen LogP) is 9.46. The Hall–Kier alpha value is -3.33. The molecule has 1 aromatic heterocycles. The highest BCUT2D eigenvalue weighted by Crippen LogP contribution is 2.26. The molecule has 2 atom stereocenters. The normalized spacial score (nSPS) is 16.0. The fraction of sp³-hybridized carbons (Fsp3) is 0.614. The summed E-state index contributed by atoms with van der Waals surface area (Å²) in [7, 11) is 1.73. The van der Waals surface area contributed by atoms with E-state index in [0.717, 1.165) is 51.3 Å². The van der Waals surface area contributed by atoms with Crippen LogP contribution >= 0.6 is 0 Å². The van der Waals surface area contributed by atoms with Crippen LogP contribution in [0.5, 0.6) is 0 Å². The van der Waals surface area contributed by atoms with E-state index in [4.69, 9.17) is 10.5 Å². The molecule has 2 heterocycles. The van der Waals surface area contributed by atoms with E-state index < -0.39 is 0 Å². The van der Waals surface area contributed by atoms with E-state index in [9.17, 15) is 9.59 Å². The average Bonchev–Trinajstić information content (AvgIpc) is 3.51. The largest absolute Gasteiger partial charge is 0.380 e. The molecule has 52 heavy (non-hydrogen) atoms. The second-order valence-electron chi connectivity index (χ2n) is 13.4. The van der Waals surface area contributed by atoms with Gasteiger partial charge >= 0.3 is 0 Å². The standard InChI is InChI=1S/C23H36N4O2.C7H10.C5H11NO.C5H10.2C2H6/c1-4-5-7-19(2)14-21(23(24)28)15-22(29-3)18-27-12-10-26(11-13-27)17-20-8-6-9-25-16-20;1-6-4-3-5-7(6)2;1-5(2,3)6-4-7;1-3-5-4-2;2*1-2/h4-9,16,21-22H,10-15,17-18H2,1-3H3,(H2,24,28);1-5H2;4H,1-3H3,(H,6,7);3,5H,4H2,1-2H3;2*1-2H3/b5-4-,19-7+;;;5-3-;;. The molecular formula is C44H79N5O3. The minimum Gasteiger partial charge on any atom is -0.380 e. The summed E-state index contributed by atoms with van der Waals surface area (Å²) in [5, 5.41) is 2.60. The second kappa shape index (κ2) is 34.7. The van der Waals surface area contributed by atoms with Crippen LogP contribution in [0.1, 0.15) is 120 Å². The first kappa shape index (κ1) is 53.0. The van der Waals surface area contributed by atoms with Crippen molar-refractivity contribution in [3.63, 3.8) is 0 Å². The molecular weight excluding hydrogens is 647 g/mol. The number of ether oxygens (including phenoxy) is 1. The lowest BCUT2D eigenvalue weighted by molar-refractivity contribution is -0.123. The van der Waals surface area contributed by atoms with Gasteiger partial charge < -0.3 is 15.8 Å². The highest BCUT2D eigenvalue weighted by atomic mass is 16.5. The summed E-state index contributed by atoms with van der Waals surface area (Å²) in [4.78, 5) is 30.7. The van der Waals surface area contributed by atoms with Crippen LogP contribution in [0.3, 0.4) is 0 Å². The van der Waals surface area contributed by atoms with Gasteiger partial charge in [-0.2, -0.15) is 0 Å². The summed E-state index contributed by atoms with van der Waals surface area (Å²) in [5.41, 5.74) is 10.5. The quantitative estimate of drug-likeness (QED) is 0.119. The number of primary amides is 1. The van der Waals surface area contributed by atoms with Crippen molar-refractivity contribution in [3.05, 3.63) is 90.3 Å². The van der Waals surface area contributed by atoms with Crippen LogP contribution < -0.4 is 11.1 Å². The third-order valence-corrected chi connectivity index (χ3v) is 7.90. The van der Waals surface area contributed by atoms with Gasteiger partial charge in [-0.15, -0.1) is 0 Å². The Balaban J connectivity index is -0.000000842. The van der Waals surface area contributed by atoms with Gasteiger partial charge in [0, 0.05) is 70.2 Å². The maximum atomic E-state index is 12.0. The lowest BCUT2D eigenvalue weighted by Gasteiger charge is -2.36. The molecule has 2 amide bonds. The zero-order chi connectivity index (χ0) is 40.4. The van der Waals surface area contributed by atoms with Gasteiger partial charge in [0.2, 0.25) is 12.3 Å². The summed E-state index contributed by atoms with van der Waals surface area (Å²) in [5.74, 6) is -0.449. The number of allylic oxidation sites excluding steroid dienone is 8. The van der Waals surface area contributed by atoms with Crippen LogP contribution in [0.2, 0.25) is 0 Å². The van der Waals surface area contributed by atoms with Crippen LogP contribution in [-0.2, 0) is 20.9 Å². The van der Waals surface area contributed by atoms with Gasteiger partial charge in [-0.05, 0) is 91.7 Å². The third kappa shape index (κ3) is 30.3. The Kier molecular flexibility index (Phi) is 35.4. The van der Waals surface area contributed by atoms with Crippen molar-refractivity contribution < 1.29 is 14.3 Å². The summed E-state index contributed by atoms with van der Waals surface area (Å²) < 4.78 is 5.71. The Morgan fingerprint density at radius 2 is 1.62 bits per heavy atom. The highest BCUT2D eigenvalue weighted by molar-refractivity contribution is 5.77. The molecule has 1 aliphatic heterocycles. The van der Waals surface area contributed by atoms with Gasteiger partial charge in [0.15, 0.2) is 0 Å². The zero-order valence-corrected chi connectivity index (χ0v) is 35.5. The number of carbonyl (C=O) groups excluding carboxylic acids is 2. The monoisotopic (exact) mass is 726 g/mol. The number of hydrogen-bond acceptors (Lipinski definition) is 6. The van der Waals surface area contributed by atoms with Gasteiger partial charge in [0.05, 0.1) is 6.10 Å². The molecule has 2 aliphatic rings. The van der Waals surface area contributed by atoms with Crippen LogP contribution in [0.25, 0.3) is 0 Å². The van der Waals surface area contributed by atoms with E-state index in [2.05, 4.69) is 58.4 Å². The molecule has 0 radical (unpaired) electrons. The molecule has 2 unspecified atom stereocenters. The van der Waals surface area contributed by atoms with Crippen molar-refractivity contribution in [1.29, 1.82) is 0 Å². The van der Waals surface area contributed by atoms with Gasteiger partial charge in [-0.25, -0.2) is 0 Å². The number of rotatable bonds is 13. The lowest BCUT2D eigenvalue weighted by Crippen LogP contribution is -2.48. The van der Waals surface area contributed by atoms with Crippen LogP contribution in [-0.4, -0.2) is 78.6 Å². The van der Waals surface area contributed by atoms with Crippen molar-refractivity contribution >= 4 is 12.3 Å². The molecule has 0 bridgehead atoms. The van der Waals surface area contributed by atoms with Crippen molar-refractivity contribution in [2.75, 3.05) is 39.8 Å². The first-order chi connectivity index (χ1) is 24.8. The number of nitrogens with one attached hydrogen (secondary N) is 1. The number of piperazine rings is 1. The fourth-order valence-corrected chi connectivity index (χ4v) is 5.03. The van der Waals surface area contributed by atoms with Gasteiger partial charge in [0.1, 0.15) is 0 Å². The number of aromatic nitrogens is 1. The minimum atomic E-state index is -0.249. The highest BCUT2D eigenvalue weighted by Gasteiger charge is 2.25. The molecule has 3 N–H and O–H groups in total. The molecule has 2 fully saturated rings. The summed E-state index contributed by atoms with van der Waals surface area (Å²) >= 11 is 0. The molecule has 1 aliphatic carbocycles. The molecule has 1 saturated heterocycles. The van der Waals surface area contributed by atoms with Crippen LogP contribution in [0, 0.1) is 5.92 Å². The van der Waals surface area contributed by atoms with E-state index in [1.165, 1.54) is 36.0 Å². The molecule has 298 valence electrons. The lowest BCUT2D eigenvalue weighted by atomic mass is 9.93. The number of nitrogens with zero attached hydrogens (tertiary/aromatic N) is 3. The van der Waals surface area contributed by atoms with Crippen molar-refractivity contribution in [2.24, 2.45) is 11.7 Å². The summed E-state index contributed by atoms with van der Waals surface area (Å²) in [6.45, 7) is 35.5. The van der Waals surface area contributed by atoms with Gasteiger partial charge in [-0.3, -0.25) is 24.4 Å². The first-order valence-corrected chi connectivity index (χ1v) is 19.4. The van der Waals surface area contributed by atoms with Crippen LogP contribution in [0.4, 0.5) is 0 Å². The van der Waals surface area contributed by atoms with Crippen molar-refractivity contribution in [1.82, 2.24) is 20.1 Å². The number of carbonyl (C=O) groups is 2. The Morgan fingerprint density at radius 1 is 1.04 bits per heavy atom. The predicted molar refractivity (Wildman–Crippen MR) is 226 cm³/mol. The Morgan fingerprint density at radius 3 is 1.96 bits per heavy atom. The molecule has 0 spiro atoms. The number of amides is 2. The maximum Gasteiger partial charge on any atom is 0.220 e. The van der Waals surface area contributed by atoms with E-state index >= 15 is 0 Å². The van der Waals surface area contributed by atoms with E-state index in [0.29, 0.717) is 19.3 Å². The summed E-state index contributed by atoms with van der Waals surface area (Å²) in [6, 6.07) is 4.11. The summed E-state index contributed by atoms with van der Waals surface area (Å²) in [6.07, 6.45) is 20.8. The maximum absolute atomic E-state index is 12.0. The number of hydrogen-bond donors (Lipinski definition) is 2. The molecule has 1 aromatic rings. The number of methoxy groups -OCH3 is 1. The molecule has 1 saturated carbocycles. The van der Waals surface area contributed by atoms with E-state index in [1.807, 2.05) is 106 Å². The zero-order valence-electron chi connectivity index (χ0n) is 35.5. The topological polar surface area (TPSA) is 101 Å². The molecule has 3 rings (SSSR count). The fourth-order valence-electron chi connectivity index (χ4n) is 5.03. The molecule has 8 nitrogen and oxygen atoms in total. The Bertz CT molecular complexity index is 1120. The van der Waals surface area contributed by atoms with Gasteiger partial charge in [-0.1, -0.05) is 101 Å². The van der Waals surface area contributed by atoms with Crippen molar-refractivity contribution in [2.45, 2.75) is 133 Å². The van der Waals surface area contributed by atoms with Crippen LogP contribution in [0.15, 0.2) is 84.8 Å².